The molecule has 0 saturated heterocycles. The van der Waals surface area contributed by atoms with E-state index in [-0.39, 0.29) is 5.82 Å². The number of aromatic nitrogens is 1. The van der Waals surface area contributed by atoms with E-state index < -0.39 is 0 Å². The summed E-state index contributed by atoms with van der Waals surface area (Å²) in [7, 11) is 0. The van der Waals surface area contributed by atoms with Gasteiger partial charge in [-0.25, -0.2) is 9.37 Å². The molecule has 1 aromatic carbocycles. The first-order valence-electron chi connectivity index (χ1n) is 4.14. The Morgan fingerprint density at radius 1 is 1.07 bits per heavy atom. The molecule has 0 aliphatic rings. The lowest BCUT2D eigenvalue weighted by Crippen LogP contribution is -1.84. The highest BCUT2D eigenvalue weighted by Gasteiger charge is 2.03. The molecule has 3 heteroatoms. The van der Waals surface area contributed by atoms with Gasteiger partial charge in [-0.3, -0.25) is 0 Å². The molecule has 0 aliphatic carbocycles. The lowest BCUT2D eigenvalue weighted by atomic mass is 10.1. The first-order chi connectivity index (χ1) is 6.77. The average Bonchev–Trinajstić information content (AvgIpc) is 2.20. The van der Waals surface area contributed by atoms with Crippen LogP contribution in [0.25, 0.3) is 11.1 Å². The van der Waals surface area contributed by atoms with Gasteiger partial charge in [-0.05, 0) is 18.2 Å². The van der Waals surface area contributed by atoms with Gasteiger partial charge in [-0.2, -0.15) is 0 Å². The van der Waals surface area contributed by atoms with Gasteiger partial charge in [0.1, 0.15) is 11.0 Å². The molecule has 0 unspecified atom stereocenters. The number of hydrogen-bond acceptors (Lipinski definition) is 1. The zero-order valence-electron chi connectivity index (χ0n) is 7.24. The van der Waals surface area contributed by atoms with Gasteiger partial charge >= 0.3 is 0 Å². The monoisotopic (exact) mass is 207 g/mol. The third-order valence-corrected chi connectivity index (χ3v) is 2.14. The fourth-order valence-electron chi connectivity index (χ4n) is 1.23. The van der Waals surface area contributed by atoms with Gasteiger partial charge in [0.05, 0.1) is 0 Å². The zero-order valence-corrected chi connectivity index (χ0v) is 8.00. The van der Waals surface area contributed by atoms with Gasteiger partial charge in [-0.1, -0.05) is 29.8 Å². The third kappa shape index (κ3) is 1.75. The Bertz CT molecular complexity index is 439. The molecule has 0 atom stereocenters. The highest BCUT2D eigenvalue weighted by molar-refractivity contribution is 6.29. The molecule has 2 rings (SSSR count). The van der Waals surface area contributed by atoms with Gasteiger partial charge < -0.3 is 0 Å². The molecule has 1 aromatic heterocycles. The second-order valence-corrected chi connectivity index (χ2v) is 3.24. The summed E-state index contributed by atoms with van der Waals surface area (Å²) < 4.78 is 13.3. The number of hydrogen-bond donors (Lipinski definition) is 0. The maximum Gasteiger partial charge on any atom is 0.131 e. The number of benzene rings is 1. The van der Waals surface area contributed by atoms with E-state index in [4.69, 9.17) is 11.6 Å². The molecule has 0 saturated carbocycles. The summed E-state index contributed by atoms with van der Waals surface area (Å²) in [6.07, 6.45) is 1.56. The molecule has 0 N–H and O–H groups in total. The summed E-state index contributed by atoms with van der Waals surface area (Å²) in [6.45, 7) is 0. The summed E-state index contributed by atoms with van der Waals surface area (Å²) >= 11 is 5.63. The predicted octanol–water partition coefficient (Wildman–Crippen LogP) is 3.54. The minimum absolute atomic E-state index is 0.253. The molecule has 70 valence electrons. The molecule has 2 aromatic rings. The van der Waals surface area contributed by atoms with Crippen molar-refractivity contribution >= 4 is 11.6 Å². The van der Waals surface area contributed by atoms with Crippen molar-refractivity contribution in [1.29, 1.82) is 0 Å². The largest absolute Gasteiger partial charge is 0.244 e. The maximum absolute atomic E-state index is 13.3. The Labute approximate surface area is 86.2 Å². The van der Waals surface area contributed by atoms with Crippen molar-refractivity contribution in [3.05, 3.63) is 53.6 Å². The Morgan fingerprint density at radius 3 is 2.50 bits per heavy atom. The van der Waals surface area contributed by atoms with Gasteiger partial charge in [-0.15, -0.1) is 0 Å². The van der Waals surface area contributed by atoms with Crippen molar-refractivity contribution in [3.8, 4) is 11.1 Å². The number of rotatable bonds is 1. The van der Waals surface area contributed by atoms with Crippen LogP contribution < -0.4 is 0 Å². The quantitative estimate of drug-likeness (QED) is 0.652. The van der Waals surface area contributed by atoms with Crippen LogP contribution in [0.3, 0.4) is 0 Å². The second-order valence-electron chi connectivity index (χ2n) is 2.85. The highest BCUT2D eigenvalue weighted by Crippen LogP contribution is 2.22. The normalized spacial score (nSPS) is 10.1. The maximum atomic E-state index is 13.3. The molecular formula is C11H7ClFN. The van der Waals surface area contributed by atoms with Crippen LogP contribution in [-0.2, 0) is 0 Å². The predicted molar refractivity (Wildman–Crippen MR) is 54.6 cm³/mol. The van der Waals surface area contributed by atoms with Crippen molar-refractivity contribution in [2.75, 3.05) is 0 Å². The molecule has 0 radical (unpaired) electrons. The van der Waals surface area contributed by atoms with Crippen LogP contribution in [0.15, 0.2) is 42.6 Å². The molecule has 0 fully saturated rings. The standard InChI is InChI=1S/C11H7ClFN/c12-11-6-5-8(7-14-11)9-3-1-2-4-10(9)13/h1-7H. The summed E-state index contributed by atoms with van der Waals surface area (Å²) in [5, 5.41) is 0.407. The first-order valence-corrected chi connectivity index (χ1v) is 4.51. The number of pyridine rings is 1. The van der Waals surface area contributed by atoms with E-state index in [1.54, 1.807) is 36.5 Å². The van der Waals surface area contributed by atoms with E-state index in [2.05, 4.69) is 4.98 Å². The van der Waals surface area contributed by atoms with Crippen molar-refractivity contribution in [3.63, 3.8) is 0 Å². The number of nitrogens with zero attached hydrogens (tertiary/aromatic N) is 1. The Hall–Kier alpha value is -1.41. The SMILES string of the molecule is Fc1ccccc1-c1ccc(Cl)nc1. The lowest BCUT2D eigenvalue weighted by Gasteiger charge is -2.01. The third-order valence-electron chi connectivity index (χ3n) is 1.91. The summed E-state index contributed by atoms with van der Waals surface area (Å²) in [5.74, 6) is -0.253. The zero-order chi connectivity index (χ0) is 9.97. The van der Waals surface area contributed by atoms with E-state index >= 15 is 0 Å². The van der Waals surface area contributed by atoms with Gasteiger partial charge in [0.2, 0.25) is 0 Å². The topological polar surface area (TPSA) is 12.9 Å². The van der Waals surface area contributed by atoms with Gasteiger partial charge in [0.25, 0.3) is 0 Å². The van der Waals surface area contributed by atoms with Crippen molar-refractivity contribution < 1.29 is 4.39 Å². The smallest absolute Gasteiger partial charge is 0.131 e. The van der Waals surface area contributed by atoms with Gasteiger partial charge in [0, 0.05) is 17.3 Å². The van der Waals surface area contributed by atoms with Crippen LogP contribution in [0.2, 0.25) is 5.15 Å². The van der Waals surface area contributed by atoms with Crippen molar-refractivity contribution in [1.82, 2.24) is 4.98 Å². The molecule has 1 nitrogen and oxygen atoms in total. The van der Waals surface area contributed by atoms with E-state index in [9.17, 15) is 4.39 Å². The Morgan fingerprint density at radius 2 is 1.86 bits per heavy atom. The molecule has 0 aliphatic heterocycles. The second kappa shape index (κ2) is 3.76. The molecule has 1 heterocycles. The van der Waals surface area contributed by atoms with Gasteiger partial charge in [0.15, 0.2) is 0 Å². The first kappa shape index (κ1) is 9.16. The molecule has 0 amide bonds. The van der Waals surface area contributed by atoms with Crippen molar-refractivity contribution in [2.24, 2.45) is 0 Å². The van der Waals surface area contributed by atoms with Crippen LogP contribution >= 0.6 is 11.6 Å². The molecule has 0 bridgehead atoms. The fourth-order valence-corrected chi connectivity index (χ4v) is 1.34. The lowest BCUT2D eigenvalue weighted by molar-refractivity contribution is 0.631. The molecule has 0 spiro atoms. The van der Waals surface area contributed by atoms with Crippen LogP contribution in [0.5, 0.6) is 0 Å². The van der Waals surface area contributed by atoms with Crippen LogP contribution in [0.4, 0.5) is 4.39 Å². The van der Waals surface area contributed by atoms with E-state index in [1.165, 1.54) is 6.07 Å². The Balaban J connectivity index is 2.50. The fraction of sp³-hybridized carbons (Fsp3) is 0. The summed E-state index contributed by atoms with van der Waals surface area (Å²) in [5.41, 5.74) is 1.27. The van der Waals surface area contributed by atoms with Crippen LogP contribution in [-0.4, -0.2) is 4.98 Å². The van der Waals surface area contributed by atoms with E-state index in [1.807, 2.05) is 0 Å². The van der Waals surface area contributed by atoms with Crippen molar-refractivity contribution in [2.45, 2.75) is 0 Å². The minimum Gasteiger partial charge on any atom is -0.244 e. The Kier molecular flexibility index (Phi) is 2.46. The average molecular weight is 208 g/mol. The molecule has 14 heavy (non-hydrogen) atoms. The molecular weight excluding hydrogens is 201 g/mol. The van der Waals surface area contributed by atoms with E-state index in [0.717, 1.165) is 5.56 Å². The summed E-state index contributed by atoms with van der Waals surface area (Å²) in [4.78, 5) is 3.90. The van der Waals surface area contributed by atoms with Crippen LogP contribution in [0, 0.1) is 5.82 Å². The number of halogens is 2. The van der Waals surface area contributed by atoms with E-state index in [0.29, 0.717) is 10.7 Å². The van der Waals surface area contributed by atoms with Crippen LogP contribution in [0.1, 0.15) is 0 Å². The highest BCUT2D eigenvalue weighted by atomic mass is 35.5. The summed E-state index contributed by atoms with van der Waals surface area (Å²) in [6, 6.07) is 9.95. The minimum atomic E-state index is -0.253.